The van der Waals surface area contributed by atoms with Gasteiger partial charge in [0, 0.05) is 24.8 Å². The van der Waals surface area contributed by atoms with Crippen LogP contribution in [-0.2, 0) is 39.4 Å². The number of carboxylic acid groups (broad SMARTS) is 4. The quantitative estimate of drug-likeness (QED) is 0.0362. The molecule has 0 radical (unpaired) electrons. The van der Waals surface area contributed by atoms with Crippen LogP contribution in [0.2, 0.25) is 0 Å². The Hall–Kier alpha value is 1.70. The van der Waals surface area contributed by atoms with Crippen molar-refractivity contribution in [2.24, 2.45) is 0 Å². The Morgan fingerprint density at radius 1 is 0.407 bits per heavy atom. The maximum absolute atomic E-state index is 11.4. The standard InChI is InChI=1S/2C17H32O7S.4Na/c2*1-2-3-4-5-6-7-8-9-10-11-12-13-17(16(20)21,14-15(18)19)25(22,23)24;;;;/h2*2-14H2,1H3,(H,18,19)(H,20,21)(H,22,23,24);;;;/q;;4*+1/p-4. The molecule has 0 aliphatic rings. The zero-order chi connectivity index (χ0) is 38.7. The van der Waals surface area contributed by atoms with E-state index in [4.69, 9.17) is 9.11 Å². The third kappa shape index (κ3) is 30.7. The Morgan fingerprint density at radius 3 is 0.741 bits per heavy atom. The van der Waals surface area contributed by atoms with Crippen molar-refractivity contribution in [2.75, 3.05) is 0 Å². The van der Waals surface area contributed by atoms with Crippen molar-refractivity contribution in [3.63, 3.8) is 0 Å². The van der Waals surface area contributed by atoms with E-state index in [2.05, 4.69) is 13.8 Å². The molecule has 0 saturated carbocycles. The van der Waals surface area contributed by atoms with E-state index >= 15 is 0 Å². The SMILES string of the molecule is CCCCCCCCCCCCCC(CC(=O)[O-])(C(=O)[O-])S(=O)(=O)O.CCCCCCCCCCCCCC(CC(=O)[O-])(C(=O)[O-])S(=O)(=O)O.[Na+].[Na+].[Na+].[Na+]. The second kappa shape index (κ2) is 38.9. The number of carbonyl (C=O) groups is 4. The smallest absolute Gasteiger partial charge is 0.550 e. The molecule has 20 heteroatoms. The molecule has 0 aliphatic carbocycles. The largest absolute Gasteiger partial charge is 1.00 e. The van der Waals surface area contributed by atoms with Gasteiger partial charge in [0.1, 0.15) is 9.49 Å². The van der Waals surface area contributed by atoms with Gasteiger partial charge in [0.05, 0.1) is 11.9 Å². The van der Waals surface area contributed by atoms with Gasteiger partial charge >= 0.3 is 118 Å². The first-order valence-corrected chi connectivity index (χ1v) is 21.0. The van der Waals surface area contributed by atoms with E-state index in [9.17, 15) is 56.4 Å². The van der Waals surface area contributed by atoms with Crippen molar-refractivity contribution in [2.45, 2.75) is 190 Å². The van der Waals surface area contributed by atoms with E-state index in [-0.39, 0.29) is 131 Å². The van der Waals surface area contributed by atoms with Crippen molar-refractivity contribution in [1.82, 2.24) is 0 Å². The van der Waals surface area contributed by atoms with Crippen LogP contribution in [0.25, 0.3) is 0 Å². The molecule has 0 aromatic rings. The van der Waals surface area contributed by atoms with Gasteiger partial charge in [-0.25, -0.2) is 0 Å². The molecule has 14 nitrogen and oxygen atoms in total. The van der Waals surface area contributed by atoms with Crippen molar-refractivity contribution in [3.8, 4) is 0 Å². The molecule has 0 amide bonds. The molecule has 296 valence electrons. The molecule has 0 rings (SSSR count). The van der Waals surface area contributed by atoms with Crippen LogP contribution in [0.3, 0.4) is 0 Å². The fraction of sp³-hybridized carbons (Fsp3) is 0.882. The molecule has 0 bridgehead atoms. The summed E-state index contributed by atoms with van der Waals surface area (Å²) in [5.41, 5.74) is 0. The summed E-state index contributed by atoms with van der Waals surface area (Å²) in [6, 6.07) is 0. The van der Waals surface area contributed by atoms with Gasteiger partial charge in [-0.1, -0.05) is 155 Å². The van der Waals surface area contributed by atoms with Crippen LogP contribution in [0.1, 0.15) is 181 Å². The molecule has 0 aromatic heterocycles. The molecule has 0 fully saturated rings. The van der Waals surface area contributed by atoms with Crippen LogP contribution in [-0.4, -0.2) is 59.3 Å². The Morgan fingerprint density at radius 2 is 0.593 bits per heavy atom. The summed E-state index contributed by atoms with van der Waals surface area (Å²) in [7, 11) is -10.2. The number of carboxylic acids is 4. The third-order valence-electron chi connectivity index (χ3n) is 8.96. The molecular weight excluding hydrogens is 788 g/mol. The summed E-state index contributed by atoms with van der Waals surface area (Å²) in [5.74, 6) is -7.92. The van der Waals surface area contributed by atoms with E-state index in [0.717, 1.165) is 51.4 Å². The molecule has 0 aromatic carbocycles. The number of hydrogen-bond donors (Lipinski definition) is 2. The van der Waals surface area contributed by atoms with Crippen LogP contribution >= 0.6 is 0 Å². The average molecular weight is 849 g/mol. The summed E-state index contributed by atoms with van der Waals surface area (Å²) in [4.78, 5) is 43.7. The van der Waals surface area contributed by atoms with Crippen molar-refractivity contribution in [1.29, 1.82) is 0 Å². The minimum absolute atomic E-state index is 0. The maximum Gasteiger partial charge on any atom is 1.00 e. The molecule has 0 aliphatic heterocycles. The number of rotatable bonds is 32. The zero-order valence-corrected chi connectivity index (χ0v) is 43.6. The van der Waals surface area contributed by atoms with Gasteiger partial charge < -0.3 is 39.6 Å². The number of carbonyl (C=O) groups excluding carboxylic acids is 4. The van der Waals surface area contributed by atoms with Gasteiger partial charge in [-0.2, -0.15) is 16.8 Å². The minimum atomic E-state index is -5.12. The molecule has 2 N–H and O–H groups in total. The molecule has 0 heterocycles. The Kier molecular flexibility index (Phi) is 48.6. The normalized spacial score (nSPS) is 13.1. The predicted molar refractivity (Wildman–Crippen MR) is 180 cm³/mol. The zero-order valence-electron chi connectivity index (χ0n) is 34.0. The number of unbranched alkanes of at least 4 members (excludes halogenated alkanes) is 20. The first-order valence-electron chi connectivity index (χ1n) is 18.1. The van der Waals surface area contributed by atoms with E-state index in [1.54, 1.807) is 0 Å². The summed E-state index contributed by atoms with van der Waals surface area (Å²) in [6.07, 6.45) is 18.1. The van der Waals surface area contributed by atoms with Crippen LogP contribution < -0.4 is 139 Å². The molecule has 54 heavy (non-hydrogen) atoms. The second-order valence-electron chi connectivity index (χ2n) is 13.2. The van der Waals surface area contributed by atoms with Gasteiger partial charge in [0.15, 0.2) is 0 Å². The predicted octanol–water partition coefficient (Wildman–Crippen LogP) is -9.58. The van der Waals surface area contributed by atoms with Gasteiger partial charge in [-0.3, -0.25) is 9.11 Å². The van der Waals surface area contributed by atoms with Crippen LogP contribution in [0.4, 0.5) is 0 Å². The van der Waals surface area contributed by atoms with E-state index in [0.29, 0.717) is 12.8 Å². The fourth-order valence-corrected chi connectivity index (χ4v) is 7.62. The molecule has 2 atom stereocenters. The average Bonchev–Trinajstić information content (AvgIpc) is 2.99. The van der Waals surface area contributed by atoms with E-state index in [1.165, 1.54) is 64.2 Å². The number of hydrogen-bond acceptors (Lipinski definition) is 12. The molecule has 0 saturated heterocycles. The fourth-order valence-electron chi connectivity index (χ4n) is 5.79. The van der Waals surface area contributed by atoms with Crippen molar-refractivity contribution >= 4 is 44.1 Å². The molecular formula is C34H60Na4O14S2. The molecule has 2 unspecified atom stereocenters. The van der Waals surface area contributed by atoms with Crippen LogP contribution in [0.5, 0.6) is 0 Å². The molecule has 0 spiro atoms. The second-order valence-corrected chi connectivity index (χ2v) is 16.6. The Labute approximate surface area is 413 Å². The summed E-state index contributed by atoms with van der Waals surface area (Å²) >= 11 is 0. The maximum atomic E-state index is 11.4. The third-order valence-corrected chi connectivity index (χ3v) is 12.0. The van der Waals surface area contributed by atoms with Crippen LogP contribution in [0, 0.1) is 0 Å². The van der Waals surface area contributed by atoms with Crippen molar-refractivity contribution < 1.29 is 184 Å². The van der Waals surface area contributed by atoms with Gasteiger partial charge in [-0.15, -0.1) is 0 Å². The van der Waals surface area contributed by atoms with Gasteiger partial charge in [0.25, 0.3) is 20.2 Å². The van der Waals surface area contributed by atoms with E-state index < -0.39 is 79.3 Å². The first kappa shape index (κ1) is 67.5. The van der Waals surface area contributed by atoms with Gasteiger partial charge in [0.2, 0.25) is 0 Å². The first-order chi connectivity index (χ1) is 23.3. The van der Waals surface area contributed by atoms with E-state index in [1.807, 2.05) is 0 Å². The van der Waals surface area contributed by atoms with Gasteiger partial charge in [-0.05, 0) is 12.8 Å². The minimum Gasteiger partial charge on any atom is -0.550 e. The summed E-state index contributed by atoms with van der Waals surface area (Å²) in [5, 5.41) is 43.7. The Balaban J connectivity index is -0.000000199. The monoisotopic (exact) mass is 848 g/mol. The van der Waals surface area contributed by atoms with Crippen molar-refractivity contribution in [3.05, 3.63) is 0 Å². The summed E-state index contributed by atoms with van der Waals surface area (Å²) < 4.78 is 58.2. The number of aliphatic carboxylic acids is 4. The summed E-state index contributed by atoms with van der Waals surface area (Å²) in [6.45, 7) is 4.34. The van der Waals surface area contributed by atoms with Crippen LogP contribution in [0.15, 0.2) is 0 Å². The topological polar surface area (TPSA) is 269 Å². The Bertz CT molecular complexity index is 1110.